The van der Waals surface area contributed by atoms with Crippen molar-refractivity contribution in [1.29, 1.82) is 0 Å². The molecule has 0 unspecified atom stereocenters. The molecule has 26 heavy (non-hydrogen) atoms. The maximum absolute atomic E-state index is 13.6. The van der Waals surface area contributed by atoms with Crippen LogP contribution in [0.5, 0.6) is 0 Å². The van der Waals surface area contributed by atoms with E-state index in [9.17, 15) is 18.4 Å². The number of carbonyl (C=O) groups is 2. The number of amides is 2. The van der Waals surface area contributed by atoms with Crippen molar-refractivity contribution >= 4 is 11.8 Å². The van der Waals surface area contributed by atoms with E-state index in [-0.39, 0.29) is 29.9 Å². The van der Waals surface area contributed by atoms with E-state index in [2.05, 4.69) is 0 Å². The molecule has 0 radical (unpaired) electrons. The third-order valence-corrected chi connectivity index (χ3v) is 4.58. The van der Waals surface area contributed by atoms with Crippen molar-refractivity contribution in [2.75, 3.05) is 26.2 Å². The summed E-state index contributed by atoms with van der Waals surface area (Å²) in [5, 5.41) is 0. The molecule has 0 bridgehead atoms. The molecule has 1 aliphatic heterocycles. The lowest BCUT2D eigenvalue weighted by molar-refractivity contribution is -0.132. The Balaban J connectivity index is 1.50. The maximum Gasteiger partial charge on any atom is 0.253 e. The number of nitrogens with zero attached hydrogens (tertiary/aromatic N) is 2. The Bertz CT molecular complexity index is 785. The summed E-state index contributed by atoms with van der Waals surface area (Å²) in [6.07, 6.45) is 0.604. The normalized spacial score (nSPS) is 14.4. The minimum atomic E-state index is -0.383. The van der Waals surface area contributed by atoms with Crippen molar-refractivity contribution in [3.63, 3.8) is 0 Å². The van der Waals surface area contributed by atoms with E-state index >= 15 is 0 Å². The number of piperazine rings is 1. The van der Waals surface area contributed by atoms with Gasteiger partial charge >= 0.3 is 0 Å². The van der Waals surface area contributed by atoms with Crippen molar-refractivity contribution in [2.24, 2.45) is 0 Å². The van der Waals surface area contributed by atoms with Gasteiger partial charge in [0.15, 0.2) is 0 Å². The molecule has 2 aromatic carbocycles. The molecular weight excluding hydrogens is 338 g/mol. The molecule has 1 fully saturated rings. The van der Waals surface area contributed by atoms with Gasteiger partial charge < -0.3 is 9.80 Å². The molecule has 0 saturated carbocycles. The van der Waals surface area contributed by atoms with Gasteiger partial charge in [-0.2, -0.15) is 0 Å². The number of halogens is 2. The predicted molar refractivity (Wildman–Crippen MR) is 93.6 cm³/mol. The second-order valence-corrected chi connectivity index (χ2v) is 6.27. The number of aryl methyl sites for hydroxylation is 1. The quantitative estimate of drug-likeness (QED) is 0.843. The first-order valence-electron chi connectivity index (χ1n) is 8.60. The molecule has 0 aromatic heterocycles. The summed E-state index contributed by atoms with van der Waals surface area (Å²) in [6.45, 7) is 1.76. The fourth-order valence-electron chi connectivity index (χ4n) is 3.03. The molecule has 2 aromatic rings. The van der Waals surface area contributed by atoms with Crippen LogP contribution in [-0.2, 0) is 11.2 Å². The van der Waals surface area contributed by atoms with E-state index < -0.39 is 0 Å². The van der Waals surface area contributed by atoms with Crippen molar-refractivity contribution in [1.82, 2.24) is 9.80 Å². The lowest BCUT2D eigenvalue weighted by atomic mass is 10.1. The van der Waals surface area contributed by atoms with Crippen LogP contribution < -0.4 is 0 Å². The average Bonchev–Trinajstić information content (AvgIpc) is 2.67. The molecule has 0 spiro atoms. The molecule has 6 heteroatoms. The smallest absolute Gasteiger partial charge is 0.253 e. The van der Waals surface area contributed by atoms with Crippen LogP contribution in [-0.4, -0.2) is 47.8 Å². The van der Waals surface area contributed by atoms with Gasteiger partial charge in [-0.1, -0.05) is 18.2 Å². The average molecular weight is 358 g/mol. The molecule has 3 rings (SSSR count). The Morgan fingerprint density at radius 2 is 1.46 bits per heavy atom. The molecular formula is C20H20F2N2O2. The summed E-state index contributed by atoms with van der Waals surface area (Å²) in [5.74, 6) is -0.882. The number of benzene rings is 2. The van der Waals surface area contributed by atoms with Crippen LogP contribution in [0.3, 0.4) is 0 Å². The molecule has 1 heterocycles. The highest BCUT2D eigenvalue weighted by atomic mass is 19.1. The van der Waals surface area contributed by atoms with E-state index in [1.165, 1.54) is 30.3 Å². The summed E-state index contributed by atoms with van der Waals surface area (Å²) in [7, 11) is 0. The lowest BCUT2D eigenvalue weighted by Crippen LogP contribution is -2.50. The van der Waals surface area contributed by atoms with Gasteiger partial charge in [0.25, 0.3) is 5.91 Å². The fraction of sp³-hybridized carbons (Fsp3) is 0.300. The Morgan fingerprint density at radius 1 is 0.846 bits per heavy atom. The number of hydrogen-bond acceptors (Lipinski definition) is 2. The lowest BCUT2D eigenvalue weighted by Gasteiger charge is -2.35. The van der Waals surface area contributed by atoms with Crippen molar-refractivity contribution in [3.05, 3.63) is 71.3 Å². The predicted octanol–water partition coefficient (Wildman–Crippen LogP) is 2.88. The van der Waals surface area contributed by atoms with Crippen LogP contribution in [0.4, 0.5) is 8.78 Å². The molecule has 0 N–H and O–H groups in total. The number of carbonyl (C=O) groups excluding carboxylic acids is 2. The van der Waals surface area contributed by atoms with Crippen LogP contribution in [0.25, 0.3) is 0 Å². The highest BCUT2D eigenvalue weighted by Crippen LogP contribution is 2.13. The Kier molecular flexibility index (Phi) is 5.61. The highest BCUT2D eigenvalue weighted by molar-refractivity contribution is 5.94. The van der Waals surface area contributed by atoms with Crippen LogP contribution >= 0.6 is 0 Å². The minimum Gasteiger partial charge on any atom is -0.339 e. The largest absolute Gasteiger partial charge is 0.339 e. The molecule has 4 nitrogen and oxygen atoms in total. The first-order valence-corrected chi connectivity index (χ1v) is 8.60. The van der Waals surface area contributed by atoms with Crippen molar-refractivity contribution < 1.29 is 18.4 Å². The van der Waals surface area contributed by atoms with E-state index in [0.717, 1.165) is 0 Å². The third-order valence-electron chi connectivity index (χ3n) is 4.58. The first kappa shape index (κ1) is 18.0. The topological polar surface area (TPSA) is 40.6 Å². The monoisotopic (exact) mass is 358 g/mol. The molecule has 2 amide bonds. The van der Waals surface area contributed by atoms with Crippen molar-refractivity contribution in [3.8, 4) is 0 Å². The van der Waals surface area contributed by atoms with Gasteiger partial charge in [0.05, 0.1) is 0 Å². The summed E-state index contributed by atoms with van der Waals surface area (Å²) >= 11 is 0. The van der Waals surface area contributed by atoms with E-state index in [0.29, 0.717) is 43.7 Å². The van der Waals surface area contributed by atoms with E-state index in [1.54, 1.807) is 28.0 Å². The van der Waals surface area contributed by atoms with Crippen LogP contribution in [0, 0.1) is 11.6 Å². The summed E-state index contributed by atoms with van der Waals surface area (Å²) in [4.78, 5) is 28.1. The van der Waals surface area contributed by atoms with Gasteiger partial charge in [0.2, 0.25) is 5.91 Å². The fourth-order valence-corrected chi connectivity index (χ4v) is 3.03. The molecule has 0 aliphatic carbocycles. The van der Waals surface area contributed by atoms with Crippen LogP contribution in [0.15, 0.2) is 48.5 Å². The zero-order chi connectivity index (χ0) is 18.5. The second kappa shape index (κ2) is 8.08. The SMILES string of the molecule is O=C(CCc1ccccc1F)N1CCN(C(=O)c2ccc(F)cc2)CC1. The van der Waals surface area contributed by atoms with Crippen LogP contribution in [0.2, 0.25) is 0 Å². The van der Waals surface area contributed by atoms with E-state index in [4.69, 9.17) is 0 Å². The zero-order valence-electron chi connectivity index (χ0n) is 14.3. The summed E-state index contributed by atoms with van der Waals surface area (Å²) in [5.41, 5.74) is 0.969. The highest BCUT2D eigenvalue weighted by Gasteiger charge is 2.24. The van der Waals surface area contributed by atoms with Crippen molar-refractivity contribution in [2.45, 2.75) is 12.8 Å². The third kappa shape index (κ3) is 4.25. The van der Waals surface area contributed by atoms with Gasteiger partial charge in [-0.3, -0.25) is 9.59 Å². The van der Waals surface area contributed by atoms with Gasteiger partial charge in [-0.25, -0.2) is 8.78 Å². The first-order chi connectivity index (χ1) is 12.5. The number of hydrogen-bond donors (Lipinski definition) is 0. The second-order valence-electron chi connectivity index (χ2n) is 6.27. The Morgan fingerprint density at radius 3 is 2.12 bits per heavy atom. The minimum absolute atomic E-state index is 0.0397. The Hall–Kier alpha value is -2.76. The molecule has 0 atom stereocenters. The van der Waals surface area contributed by atoms with Crippen LogP contribution in [0.1, 0.15) is 22.3 Å². The zero-order valence-corrected chi connectivity index (χ0v) is 14.3. The van der Waals surface area contributed by atoms with Gasteiger partial charge in [0, 0.05) is 38.2 Å². The van der Waals surface area contributed by atoms with Gasteiger partial charge in [-0.05, 0) is 42.3 Å². The molecule has 1 saturated heterocycles. The Labute approximate surface area is 151 Å². The van der Waals surface area contributed by atoms with Gasteiger partial charge in [-0.15, -0.1) is 0 Å². The maximum atomic E-state index is 13.6. The summed E-state index contributed by atoms with van der Waals surface area (Å²) < 4.78 is 26.6. The standard InChI is InChI=1S/C20H20F2N2O2/c21-17-8-5-16(6-9-17)20(26)24-13-11-23(12-14-24)19(25)10-7-15-3-1-2-4-18(15)22/h1-6,8-9H,7,10-14H2. The molecule has 1 aliphatic rings. The van der Waals surface area contributed by atoms with Gasteiger partial charge in [0.1, 0.15) is 11.6 Å². The molecule has 136 valence electrons. The van der Waals surface area contributed by atoms with E-state index in [1.807, 2.05) is 0 Å². The summed E-state index contributed by atoms with van der Waals surface area (Å²) in [6, 6.07) is 11.9. The number of rotatable bonds is 4.